The molecule has 3 nitrogen and oxygen atoms in total. The Morgan fingerprint density at radius 2 is 1.09 bits per heavy atom. The Morgan fingerprint density at radius 1 is 0.818 bits per heavy atom. The Bertz CT molecular complexity index is 60.6. The molecule has 0 fully saturated rings. The van der Waals surface area contributed by atoms with E-state index in [0.717, 1.165) is 0 Å². The van der Waals surface area contributed by atoms with Crippen LogP contribution in [0.5, 0.6) is 0 Å². The van der Waals surface area contributed by atoms with Crippen LogP contribution < -0.4 is 0 Å². The van der Waals surface area contributed by atoms with Crippen LogP contribution >= 0.6 is 0 Å². The van der Waals surface area contributed by atoms with Crippen LogP contribution in [0.2, 0.25) is 0 Å². The summed E-state index contributed by atoms with van der Waals surface area (Å²) in [6, 6.07) is 0. The van der Waals surface area contributed by atoms with E-state index >= 15 is 0 Å². The van der Waals surface area contributed by atoms with Crippen molar-refractivity contribution < 1.29 is 13.3 Å². The number of rotatable bonds is 6. The molecule has 0 saturated heterocycles. The first-order valence-corrected chi connectivity index (χ1v) is 5.11. The number of hydrogen-bond acceptors (Lipinski definition) is 3. The van der Waals surface area contributed by atoms with E-state index in [1.54, 1.807) is 0 Å². The van der Waals surface area contributed by atoms with Gasteiger partial charge < -0.3 is 13.3 Å². The zero-order valence-electron chi connectivity index (χ0n) is 6.92. The summed E-state index contributed by atoms with van der Waals surface area (Å²) in [6.45, 7) is 7.86. The van der Waals surface area contributed by atoms with Crippen molar-refractivity contribution >= 4 is 39.1 Å². The topological polar surface area (TPSA) is 27.7 Å². The fraction of sp³-hybridized carbons (Fsp3) is 1.00. The summed E-state index contributed by atoms with van der Waals surface area (Å²) in [6.07, 6.45) is 0. The molecule has 0 heterocycles. The molecule has 0 bridgehead atoms. The van der Waals surface area contributed by atoms with Gasteiger partial charge in [-0.1, -0.05) is 0 Å². The van der Waals surface area contributed by atoms with E-state index in [1.165, 1.54) is 0 Å². The van der Waals surface area contributed by atoms with Crippen molar-refractivity contribution in [3.8, 4) is 0 Å². The van der Waals surface area contributed by atoms with Crippen molar-refractivity contribution in [1.82, 2.24) is 0 Å². The van der Waals surface area contributed by atoms with Crippen LogP contribution in [0.15, 0.2) is 0 Å². The van der Waals surface area contributed by atoms with E-state index in [9.17, 15) is 0 Å². The monoisotopic (exact) mass is 188 g/mol. The van der Waals surface area contributed by atoms with Crippen LogP contribution in [0, 0.1) is 0 Å². The molecule has 0 aliphatic carbocycles. The Labute approximate surface area is 92.7 Å². The summed E-state index contributed by atoms with van der Waals surface area (Å²) in [5.74, 6) is 0. The van der Waals surface area contributed by atoms with Crippen molar-refractivity contribution in [3.05, 3.63) is 0 Å². The molecule has 0 N–H and O–H groups in total. The Hall–Kier alpha value is 1.10. The Balaban J connectivity index is 0. The third kappa shape index (κ3) is 9.01. The van der Waals surface area contributed by atoms with Crippen LogP contribution in [0.3, 0.4) is 0 Å². The molecule has 11 heavy (non-hydrogen) atoms. The second-order valence-corrected chi connectivity index (χ2v) is 3.23. The molecular weight excluding hydrogens is 171 g/mol. The zero-order chi connectivity index (χ0) is 7.82. The van der Waals surface area contributed by atoms with Crippen molar-refractivity contribution in [2.45, 2.75) is 20.8 Å². The molecule has 0 saturated carbocycles. The van der Waals surface area contributed by atoms with Gasteiger partial charge in [0.05, 0.1) is 0 Å². The van der Waals surface area contributed by atoms with Gasteiger partial charge in [0.1, 0.15) is 0 Å². The van der Waals surface area contributed by atoms with E-state index in [4.69, 9.17) is 13.3 Å². The van der Waals surface area contributed by atoms with Gasteiger partial charge in [-0.2, -0.15) is 0 Å². The minimum atomic E-state index is -1.73. The summed E-state index contributed by atoms with van der Waals surface area (Å²) < 4.78 is 15.7. The third-order valence-corrected chi connectivity index (χ3v) is 2.72. The second kappa shape index (κ2) is 11.1. The fourth-order valence-electron chi connectivity index (χ4n) is 0.553. The molecule has 0 aromatic rings. The molecule has 64 valence electrons. The van der Waals surface area contributed by atoms with Gasteiger partial charge in [-0.25, -0.2) is 0 Å². The first-order valence-electron chi connectivity index (χ1n) is 3.69. The van der Waals surface area contributed by atoms with E-state index in [-0.39, 0.29) is 29.6 Å². The molecule has 5 heteroatoms. The molecule has 0 aromatic carbocycles. The fourth-order valence-corrected chi connectivity index (χ4v) is 1.66. The normalized spacial score (nSPS) is 9.82. The van der Waals surface area contributed by atoms with Crippen LogP contribution in [-0.4, -0.2) is 58.9 Å². The second-order valence-electron chi connectivity index (χ2n) is 1.65. The quantitative estimate of drug-likeness (QED) is 0.556. The van der Waals surface area contributed by atoms with Gasteiger partial charge in [-0.05, 0) is 20.8 Å². The van der Waals surface area contributed by atoms with Crippen molar-refractivity contribution in [2.24, 2.45) is 0 Å². The molecular formula is C6H17NaO3Si. The average Bonchev–Trinajstić information content (AvgIpc) is 1.90. The molecule has 0 aliphatic heterocycles. The molecule has 0 spiro atoms. The summed E-state index contributed by atoms with van der Waals surface area (Å²) in [4.78, 5) is 0. The summed E-state index contributed by atoms with van der Waals surface area (Å²) in [7, 11) is -1.73. The van der Waals surface area contributed by atoms with Gasteiger partial charge >= 0.3 is 39.1 Å². The maximum absolute atomic E-state index is 5.22. The maximum atomic E-state index is 5.22. The van der Waals surface area contributed by atoms with Crippen LogP contribution in [0.4, 0.5) is 0 Å². The standard InChI is InChI=1S/C6H16O3Si.Na.H/c1-4-7-10(8-5-2)9-6-3;;/h10H,4-6H2,1-3H3;;. The van der Waals surface area contributed by atoms with Crippen LogP contribution in [-0.2, 0) is 13.3 Å². The van der Waals surface area contributed by atoms with Crippen LogP contribution in [0.1, 0.15) is 20.8 Å². The van der Waals surface area contributed by atoms with Crippen molar-refractivity contribution in [3.63, 3.8) is 0 Å². The first kappa shape index (κ1) is 14.6. The minimum absolute atomic E-state index is 0. The molecule has 0 amide bonds. The van der Waals surface area contributed by atoms with Gasteiger partial charge in [0.15, 0.2) is 0 Å². The molecule has 0 unspecified atom stereocenters. The predicted molar refractivity (Wildman–Crippen MR) is 49.2 cm³/mol. The predicted octanol–water partition coefficient (Wildman–Crippen LogP) is 0.165. The van der Waals surface area contributed by atoms with Gasteiger partial charge in [0, 0.05) is 19.8 Å². The van der Waals surface area contributed by atoms with E-state index in [0.29, 0.717) is 19.8 Å². The molecule has 0 rings (SSSR count). The van der Waals surface area contributed by atoms with E-state index in [2.05, 4.69) is 0 Å². The van der Waals surface area contributed by atoms with Crippen LogP contribution in [0.25, 0.3) is 0 Å². The Kier molecular flexibility index (Phi) is 14.7. The van der Waals surface area contributed by atoms with E-state index in [1.807, 2.05) is 20.8 Å². The molecule has 0 aromatic heterocycles. The van der Waals surface area contributed by atoms with Crippen molar-refractivity contribution in [2.75, 3.05) is 19.8 Å². The number of hydrogen-bond donors (Lipinski definition) is 0. The Morgan fingerprint density at radius 3 is 1.27 bits per heavy atom. The third-order valence-electron chi connectivity index (χ3n) is 0.908. The summed E-state index contributed by atoms with van der Waals surface area (Å²) >= 11 is 0. The van der Waals surface area contributed by atoms with Gasteiger partial charge in [-0.3, -0.25) is 0 Å². The van der Waals surface area contributed by atoms with Gasteiger partial charge in [0.2, 0.25) is 0 Å². The van der Waals surface area contributed by atoms with E-state index < -0.39 is 9.53 Å². The summed E-state index contributed by atoms with van der Waals surface area (Å²) in [5, 5.41) is 0. The zero-order valence-corrected chi connectivity index (χ0v) is 8.08. The van der Waals surface area contributed by atoms with Crippen molar-refractivity contribution in [1.29, 1.82) is 0 Å². The first-order chi connectivity index (χ1) is 4.85. The van der Waals surface area contributed by atoms with Gasteiger partial charge in [-0.15, -0.1) is 0 Å². The molecule has 0 radical (unpaired) electrons. The molecule has 0 aliphatic rings. The SMILES string of the molecule is CCO[SiH](OCC)OCC.[NaH]. The van der Waals surface area contributed by atoms with Gasteiger partial charge in [0.25, 0.3) is 0 Å². The molecule has 0 atom stereocenters. The average molecular weight is 188 g/mol. The summed E-state index contributed by atoms with van der Waals surface area (Å²) in [5.41, 5.74) is 0.